The molecule has 0 radical (unpaired) electrons. The van der Waals surface area contributed by atoms with E-state index in [1.165, 1.54) is 12.1 Å². The van der Waals surface area contributed by atoms with Gasteiger partial charge in [0.05, 0.1) is 16.3 Å². The van der Waals surface area contributed by atoms with Crippen LogP contribution in [0.3, 0.4) is 0 Å². The molecule has 4 nitrogen and oxygen atoms in total. The molecule has 4 aromatic rings. The third-order valence-corrected chi connectivity index (χ3v) is 5.95. The minimum Gasteiger partial charge on any atom is -0.324 e. The van der Waals surface area contributed by atoms with Crippen molar-refractivity contribution in [1.82, 2.24) is 9.97 Å². The number of rotatable bonds is 6. The molecule has 1 N–H and O–H groups in total. The number of alkyl halides is 3. The molecule has 3 aromatic carbocycles. The van der Waals surface area contributed by atoms with Gasteiger partial charge in [-0.1, -0.05) is 29.8 Å². The van der Waals surface area contributed by atoms with Crippen LogP contribution in [0.4, 0.5) is 29.2 Å². The molecule has 1 aromatic heterocycles. The summed E-state index contributed by atoms with van der Waals surface area (Å²) in [6, 6.07) is 14.8. The van der Waals surface area contributed by atoms with Crippen LogP contribution in [-0.4, -0.2) is 15.8 Å². The van der Waals surface area contributed by atoms with E-state index in [9.17, 15) is 22.4 Å². The average Bonchev–Trinajstić information content (AvgIpc) is 2.83. The molecule has 0 aliphatic carbocycles. The standard InChI is InChI=1S/C27H20ClF4N3O/c1-15-3-5-19(25(36)13-17-4-7-21(28)20(12-17)27(30,31)32)14-24(15)35-26-33-10-9-23(34-26)18-6-8-22(29)16(2)11-18/h3-12,14H,13H2,1-2H3,(H,33,34,35). The molecule has 0 amide bonds. The van der Waals surface area contributed by atoms with Gasteiger partial charge in [0.2, 0.25) is 5.95 Å². The fraction of sp³-hybridized carbons (Fsp3) is 0.148. The number of hydrogen-bond acceptors (Lipinski definition) is 4. The number of Topliss-reactive ketones (excluding diaryl/α,β-unsaturated/α-hetero) is 1. The van der Waals surface area contributed by atoms with E-state index in [4.69, 9.17) is 11.6 Å². The number of carbonyl (C=O) groups is 1. The molecule has 36 heavy (non-hydrogen) atoms. The van der Waals surface area contributed by atoms with Gasteiger partial charge in [-0.15, -0.1) is 0 Å². The maximum atomic E-state index is 13.6. The van der Waals surface area contributed by atoms with Crippen molar-refractivity contribution in [2.75, 3.05) is 5.32 Å². The first kappa shape index (κ1) is 25.3. The first-order valence-corrected chi connectivity index (χ1v) is 11.2. The summed E-state index contributed by atoms with van der Waals surface area (Å²) in [6.07, 6.45) is -3.27. The Hall–Kier alpha value is -3.78. The van der Waals surface area contributed by atoms with Gasteiger partial charge in [-0.2, -0.15) is 13.2 Å². The Morgan fingerprint density at radius 1 is 0.972 bits per heavy atom. The summed E-state index contributed by atoms with van der Waals surface area (Å²) in [5, 5.41) is 2.67. The van der Waals surface area contributed by atoms with Crippen molar-refractivity contribution in [3.8, 4) is 11.3 Å². The van der Waals surface area contributed by atoms with Gasteiger partial charge in [0.25, 0.3) is 0 Å². The fourth-order valence-corrected chi connectivity index (χ4v) is 3.85. The van der Waals surface area contributed by atoms with E-state index < -0.39 is 16.8 Å². The van der Waals surface area contributed by atoms with Crippen molar-refractivity contribution < 1.29 is 22.4 Å². The Labute approximate surface area is 210 Å². The molecule has 1 heterocycles. The van der Waals surface area contributed by atoms with E-state index in [2.05, 4.69) is 15.3 Å². The molecule has 0 bridgehead atoms. The smallest absolute Gasteiger partial charge is 0.324 e. The summed E-state index contributed by atoms with van der Waals surface area (Å²) in [5.74, 6) is -0.392. The molecule has 0 unspecified atom stereocenters. The zero-order valence-corrected chi connectivity index (χ0v) is 20.0. The summed E-state index contributed by atoms with van der Waals surface area (Å²) in [5.41, 5.74) is 2.73. The zero-order valence-electron chi connectivity index (χ0n) is 19.3. The topological polar surface area (TPSA) is 54.9 Å². The quantitative estimate of drug-likeness (QED) is 0.211. The number of aryl methyl sites for hydroxylation is 2. The lowest BCUT2D eigenvalue weighted by atomic mass is 9.99. The van der Waals surface area contributed by atoms with Crippen molar-refractivity contribution in [3.05, 3.63) is 106 Å². The van der Waals surface area contributed by atoms with Gasteiger partial charge < -0.3 is 5.32 Å². The summed E-state index contributed by atoms with van der Waals surface area (Å²) in [6.45, 7) is 3.50. The van der Waals surface area contributed by atoms with Crippen LogP contribution >= 0.6 is 11.6 Å². The number of carbonyl (C=O) groups excluding carboxylic acids is 1. The number of aromatic nitrogens is 2. The van der Waals surface area contributed by atoms with Crippen LogP contribution in [0.2, 0.25) is 5.02 Å². The highest BCUT2D eigenvalue weighted by atomic mass is 35.5. The predicted octanol–water partition coefficient (Wildman–Crippen LogP) is 7.74. The second-order valence-electron chi connectivity index (χ2n) is 8.30. The summed E-state index contributed by atoms with van der Waals surface area (Å²) < 4.78 is 53.1. The molecular weight excluding hydrogens is 494 g/mol. The van der Waals surface area contributed by atoms with E-state index in [0.29, 0.717) is 22.5 Å². The third kappa shape index (κ3) is 5.71. The van der Waals surface area contributed by atoms with Crippen LogP contribution < -0.4 is 5.32 Å². The predicted molar refractivity (Wildman–Crippen MR) is 131 cm³/mol. The number of nitrogens with one attached hydrogen (secondary N) is 1. The molecule has 0 spiro atoms. The van der Waals surface area contributed by atoms with Crippen molar-refractivity contribution in [3.63, 3.8) is 0 Å². The second-order valence-corrected chi connectivity index (χ2v) is 8.70. The number of anilines is 2. The van der Waals surface area contributed by atoms with Crippen LogP contribution in [-0.2, 0) is 12.6 Å². The first-order valence-electron chi connectivity index (χ1n) is 10.9. The van der Waals surface area contributed by atoms with Gasteiger partial charge in [-0.25, -0.2) is 14.4 Å². The lowest BCUT2D eigenvalue weighted by Gasteiger charge is -2.12. The highest BCUT2D eigenvalue weighted by Gasteiger charge is 2.33. The molecule has 0 atom stereocenters. The maximum Gasteiger partial charge on any atom is 0.417 e. The van der Waals surface area contributed by atoms with Crippen LogP contribution in [0.15, 0.2) is 66.9 Å². The van der Waals surface area contributed by atoms with Crippen LogP contribution in [0.5, 0.6) is 0 Å². The third-order valence-electron chi connectivity index (χ3n) is 5.62. The minimum absolute atomic E-state index is 0.206. The van der Waals surface area contributed by atoms with Gasteiger partial charge in [0.15, 0.2) is 5.78 Å². The minimum atomic E-state index is -4.61. The highest BCUT2D eigenvalue weighted by molar-refractivity contribution is 6.31. The molecule has 0 saturated heterocycles. The Balaban J connectivity index is 1.56. The molecular formula is C27H20ClF4N3O. The Kier molecular flexibility index (Phi) is 7.08. The molecule has 0 aliphatic rings. The molecule has 184 valence electrons. The van der Waals surface area contributed by atoms with Crippen LogP contribution in [0.1, 0.15) is 32.6 Å². The van der Waals surface area contributed by atoms with E-state index in [0.717, 1.165) is 23.3 Å². The van der Waals surface area contributed by atoms with E-state index in [1.54, 1.807) is 49.5 Å². The Morgan fingerprint density at radius 3 is 2.47 bits per heavy atom. The van der Waals surface area contributed by atoms with Crippen molar-refractivity contribution in [2.24, 2.45) is 0 Å². The number of halogens is 5. The summed E-state index contributed by atoms with van der Waals surface area (Å²) >= 11 is 5.67. The summed E-state index contributed by atoms with van der Waals surface area (Å²) in [7, 11) is 0. The van der Waals surface area contributed by atoms with E-state index >= 15 is 0 Å². The van der Waals surface area contributed by atoms with Gasteiger partial charge in [0, 0.05) is 29.4 Å². The lowest BCUT2D eigenvalue weighted by molar-refractivity contribution is -0.137. The molecule has 0 fully saturated rings. The molecule has 0 aliphatic heterocycles. The van der Waals surface area contributed by atoms with E-state index in [-0.39, 0.29) is 29.5 Å². The monoisotopic (exact) mass is 513 g/mol. The molecule has 4 rings (SSSR count). The lowest BCUT2D eigenvalue weighted by Crippen LogP contribution is -2.09. The highest BCUT2D eigenvalue weighted by Crippen LogP contribution is 2.35. The van der Waals surface area contributed by atoms with Crippen molar-refractivity contribution >= 4 is 29.0 Å². The van der Waals surface area contributed by atoms with Crippen molar-refractivity contribution in [1.29, 1.82) is 0 Å². The summed E-state index contributed by atoms with van der Waals surface area (Å²) in [4.78, 5) is 21.6. The van der Waals surface area contributed by atoms with Gasteiger partial charge in [-0.05, 0) is 73.0 Å². The average molecular weight is 514 g/mol. The zero-order chi connectivity index (χ0) is 26.0. The van der Waals surface area contributed by atoms with Gasteiger partial charge in [0.1, 0.15) is 5.82 Å². The number of ketones is 1. The van der Waals surface area contributed by atoms with Crippen LogP contribution in [0, 0.1) is 19.7 Å². The van der Waals surface area contributed by atoms with Crippen molar-refractivity contribution in [2.45, 2.75) is 26.4 Å². The van der Waals surface area contributed by atoms with Gasteiger partial charge >= 0.3 is 6.18 Å². The molecule has 9 heteroatoms. The normalized spacial score (nSPS) is 11.4. The number of benzene rings is 3. The van der Waals surface area contributed by atoms with Crippen LogP contribution in [0.25, 0.3) is 11.3 Å². The second kappa shape index (κ2) is 10.1. The number of nitrogens with zero attached hydrogens (tertiary/aromatic N) is 2. The number of hydrogen-bond donors (Lipinski definition) is 1. The first-order chi connectivity index (χ1) is 17.0. The van der Waals surface area contributed by atoms with Gasteiger partial charge in [-0.3, -0.25) is 4.79 Å². The molecule has 0 saturated carbocycles. The van der Waals surface area contributed by atoms with E-state index in [1.807, 2.05) is 6.92 Å². The Morgan fingerprint density at radius 2 is 1.75 bits per heavy atom. The SMILES string of the molecule is Cc1cc(-c2ccnc(Nc3cc(C(=O)Cc4ccc(Cl)c(C(F)(F)F)c4)ccc3C)n2)ccc1F. The Bertz CT molecular complexity index is 1450. The largest absolute Gasteiger partial charge is 0.417 e. The maximum absolute atomic E-state index is 13.6. The fourth-order valence-electron chi connectivity index (χ4n) is 3.62.